The van der Waals surface area contributed by atoms with Gasteiger partial charge in [0.05, 0.1) is 40.6 Å². The van der Waals surface area contributed by atoms with Crippen molar-refractivity contribution in [3.05, 3.63) is 57.7 Å². The minimum Gasteiger partial charge on any atom is -0.375 e. The SMILES string of the molecule is Nc1ncc(C(=O)Nc2cc(C(=O)Nc3cnc(C4CC4)cn3)c(F)cc2Cl)s1. The van der Waals surface area contributed by atoms with Crippen molar-refractivity contribution in [3.8, 4) is 0 Å². The zero-order valence-electron chi connectivity index (χ0n) is 14.8. The second kappa shape index (κ2) is 7.72. The Hall–Kier alpha value is -3.11. The molecule has 4 N–H and O–H groups in total. The average Bonchev–Trinajstić information content (AvgIpc) is 3.44. The average molecular weight is 433 g/mol. The monoisotopic (exact) mass is 432 g/mol. The summed E-state index contributed by atoms with van der Waals surface area (Å²) in [6, 6.07) is 2.11. The van der Waals surface area contributed by atoms with Crippen molar-refractivity contribution in [1.29, 1.82) is 0 Å². The molecule has 3 aromatic rings. The molecule has 2 aromatic heterocycles. The van der Waals surface area contributed by atoms with Gasteiger partial charge in [-0.2, -0.15) is 0 Å². The second-order valence-corrected chi connectivity index (χ2v) is 7.85. The number of hydrogen-bond donors (Lipinski definition) is 3. The Kier molecular flexibility index (Phi) is 5.12. The van der Waals surface area contributed by atoms with Crippen molar-refractivity contribution < 1.29 is 14.0 Å². The Morgan fingerprint density at radius 2 is 1.90 bits per heavy atom. The quantitative estimate of drug-likeness (QED) is 0.565. The van der Waals surface area contributed by atoms with Crippen LogP contribution in [-0.2, 0) is 0 Å². The predicted octanol–water partition coefficient (Wildman–Crippen LogP) is 3.69. The Labute approximate surface area is 173 Å². The highest BCUT2D eigenvalue weighted by atomic mass is 35.5. The van der Waals surface area contributed by atoms with E-state index < -0.39 is 17.6 Å². The number of nitrogens with two attached hydrogens (primary N) is 1. The molecule has 2 amide bonds. The van der Waals surface area contributed by atoms with Crippen molar-refractivity contribution in [2.45, 2.75) is 18.8 Å². The Bertz CT molecular complexity index is 1100. The van der Waals surface area contributed by atoms with E-state index in [2.05, 4.69) is 25.6 Å². The van der Waals surface area contributed by atoms with E-state index in [9.17, 15) is 14.0 Å². The molecule has 148 valence electrons. The number of amides is 2. The summed E-state index contributed by atoms with van der Waals surface area (Å²) in [5.41, 5.74) is 6.15. The van der Waals surface area contributed by atoms with Gasteiger partial charge in [-0.1, -0.05) is 22.9 Å². The molecule has 0 radical (unpaired) electrons. The number of nitrogen functional groups attached to an aromatic ring is 1. The number of hydrogen-bond acceptors (Lipinski definition) is 7. The summed E-state index contributed by atoms with van der Waals surface area (Å²) in [6.45, 7) is 0. The lowest BCUT2D eigenvalue weighted by atomic mass is 10.1. The predicted molar refractivity (Wildman–Crippen MR) is 108 cm³/mol. The molecule has 0 bridgehead atoms. The van der Waals surface area contributed by atoms with Crippen LogP contribution < -0.4 is 16.4 Å². The van der Waals surface area contributed by atoms with Gasteiger partial charge >= 0.3 is 0 Å². The van der Waals surface area contributed by atoms with Gasteiger partial charge in [-0.25, -0.2) is 14.4 Å². The van der Waals surface area contributed by atoms with E-state index in [1.807, 2.05) is 0 Å². The number of nitrogens with one attached hydrogen (secondary N) is 2. The maximum absolute atomic E-state index is 14.3. The van der Waals surface area contributed by atoms with E-state index in [4.69, 9.17) is 17.3 Å². The third-order valence-corrected chi connectivity index (χ3v) is 5.34. The fraction of sp³-hybridized carbons (Fsp3) is 0.167. The molecule has 1 aliphatic rings. The second-order valence-electron chi connectivity index (χ2n) is 6.38. The molecule has 1 aliphatic carbocycles. The fourth-order valence-electron chi connectivity index (χ4n) is 2.57. The number of rotatable bonds is 5. The minimum absolute atomic E-state index is 0.0570. The van der Waals surface area contributed by atoms with E-state index in [0.29, 0.717) is 5.92 Å². The molecular weight excluding hydrogens is 419 g/mol. The van der Waals surface area contributed by atoms with Crippen molar-refractivity contribution in [2.75, 3.05) is 16.4 Å². The summed E-state index contributed by atoms with van der Waals surface area (Å²) in [5, 5.41) is 5.18. The summed E-state index contributed by atoms with van der Waals surface area (Å²) in [7, 11) is 0. The van der Waals surface area contributed by atoms with E-state index in [0.717, 1.165) is 42.0 Å². The number of carbonyl (C=O) groups excluding carboxylic acids is 2. The van der Waals surface area contributed by atoms with Crippen molar-refractivity contribution in [2.24, 2.45) is 0 Å². The van der Waals surface area contributed by atoms with Crippen LogP contribution in [0.15, 0.2) is 30.7 Å². The van der Waals surface area contributed by atoms with Gasteiger partial charge in [0.15, 0.2) is 10.9 Å². The van der Waals surface area contributed by atoms with Crippen LogP contribution >= 0.6 is 22.9 Å². The van der Waals surface area contributed by atoms with E-state index in [1.54, 1.807) is 6.20 Å². The first-order chi connectivity index (χ1) is 13.9. The summed E-state index contributed by atoms with van der Waals surface area (Å²) in [4.78, 5) is 37.2. The molecule has 0 unspecified atom stereocenters. The largest absolute Gasteiger partial charge is 0.375 e. The number of benzene rings is 1. The highest BCUT2D eigenvalue weighted by Crippen LogP contribution is 2.38. The molecule has 1 saturated carbocycles. The van der Waals surface area contributed by atoms with Gasteiger partial charge in [-0.05, 0) is 25.0 Å². The van der Waals surface area contributed by atoms with Crippen LogP contribution in [0.5, 0.6) is 0 Å². The first-order valence-corrected chi connectivity index (χ1v) is 9.75. The van der Waals surface area contributed by atoms with Crippen LogP contribution in [0, 0.1) is 5.82 Å². The number of aromatic nitrogens is 3. The van der Waals surface area contributed by atoms with Crippen molar-refractivity contribution in [1.82, 2.24) is 15.0 Å². The lowest BCUT2D eigenvalue weighted by Gasteiger charge is -2.10. The topological polar surface area (TPSA) is 123 Å². The lowest BCUT2D eigenvalue weighted by Crippen LogP contribution is -2.17. The summed E-state index contributed by atoms with van der Waals surface area (Å²) >= 11 is 7.00. The number of halogens is 2. The molecule has 1 aromatic carbocycles. The minimum atomic E-state index is -0.838. The fourth-order valence-corrected chi connectivity index (χ4v) is 3.35. The molecule has 8 nitrogen and oxygen atoms in total. The van der Waals surface area contributed by atoms with Gasteiger partial charge in [0.1, 0.15) is 10.7 Å². The van der Waals surface area contributed by atoms with E-state index in [-0.39, 0.29) is 32.1 Å². The smallest absolute Gasteiger partial charge is 0.267 e. The summed E-state index contributed by atoms with van der Waals surface area (Å²) < 4.78 is 14.3. The van der Waals surface area contributed by atoms with E-state index in [1.165, 1.54) is 12.4 Å². The van der Waals surface area contributed by atoms with Gasteiger partial charge in [0.2, 0.25) is 0 Å². The Morgan fingerprint density at radius 1 is 1.10 bits per heavy atom. The van der Waals surface area contributed by atoms with Crippen molar-refractivity contribution in [3.63, 3.8) is 0 Å². The molecule has 0 spiro atoms. The number of carbonyl (C=O) groups is 2. The molecule has 2 heterocycles. The molecule has 0 saturated heterocycles. The Balaban J connectivity index is 1.52. The van der Waals surface area contributed by atoms with Crippen LogP contribution in [0.3, 0.4) is 0 Å². The molecule has 0 atom stereocenters. The molecule has 1 fully saturated rings. The van der Waals surface area contributed by atoms with Gasteiger partial charge < -0.3 is 16.4 Å². The highest BCUT2D eigenvalue weighted by molar-refractivity contribution is 7.17. The Morgan fingerprint density at radius 3 is 2.52 bits per heavy atom. The van der Waals surface area contributed by atoms with Gasteiger partial charge in [-0.3, -0.25) is 14.6 Å². The zero-order valence-corrected chi connectivity index (χ0v) is 16.4. The molecule has 29 heavy (non-hydrogen) atoms. The van der Waals surface area contributed by atoms with Crippen molar-refractivity contribution >= 4 is 51.4 Å². The standard InChI is InChI=1S/C18H14ClFN6O2S/c19-10-4-11(20)9(3-12(10)25-17(28)14-6-24-18(21)29-14)16(27)26-15-7-22-13(5-23-15)8-1-2-8/h3-8H,1-2H2,(H2,21,24)(H,25,28)(H,23,26,27). The molecular formula is C18H14ClFN6O2S. The maximum atomic E-state index is 14.3. The normalized spacial score (nSPS) is 13.2. The van der Waals surface area contributed by atoms with Crippen LogP contribution in [0.4, 0.5) is 21.0 Å². The first kappa shape index (κ1) is 19.2. The number of anilines is 3. The number of thiazole rings is 1. The van der Waals surface area contributed by atoms with Crippen LogP contribution in [0.2, 0.25) is 5.02 Å². The van der Waals surface area contributed by atoms with Crippen LogP contribution in [-0.4, -0.2) is 26.8 Å². The van der Waals surface area contributed by atoms with Gasteiger partial charge in [0, 0.05) is 5.92 Å². The van der Waals surface area contributed by atoms with E-state index >= 15 is 0 Å². The van der Waals surface area contributed by atoms with Crippen LogP contribution in [0.25, 0.3) is 0 Å². The van der Waals surface area contributed by atoms with Crippen LogP contribution in [0.1, 0.15) is 44.5 Å². The third kappa shape index (κ3) is 4.33. The lowest BCUT2D eigenvalue weighted by molar-refractivity contribution is 0.101. The first-order valence-electron chi connectivity index (χ1n) is 8.55. The summed E-state index contributed by atoms with van der Waals surface area (Å²) in [5.74, 6) is -1.48. The molecule has 4 rings (SSSR count). The molecule has 11 heteroatoms. The number of nitrogens with zero attached hydrogens (tertiary/aromatic N) is 3. The van der Waals surface area contributed by atoms with Gasteiger partial charge in [-0.15, -0.1) is 0 Å². The highest BCUT2D eigenvalue weighted by Gasteiger charge is 2.25. The summed E-state index contributed by atoms with van der Waals surface area (Å²) in [6.07, 6.45) is 6.50. The third-order valence-electron chi connectivity index (χ3n) is 4.21. The maximum Gasteiger partial charge on any atom is 0.267 e. The zero-order chi connectivity index (χ0) is 20.5. The van der Waals surface area contributed by atoms with Gasteiger partial charge in [0.25, 0.3) is 11.8 Å². The molecule has 0 aliphatic heterocycles.